The van der Waals surface area contributed by atoms with E-state index in [0.29, 0.717) is 5.56 Å². The van der Waals surface area contributed by atoms with Crippen molar-refractivity contribution in [2.75, 3.05) is 20.1 Å². The molecule has 0 saturated heterocycles. The van der Waals surface area contributed by atoms with Crippen LogP contribution in [0.5, 0.6) is 0 Å². The smallest absolute Gasteiger partial charge is 0.323 e. The minimum Gasteiger partial charge on any atom is -0.480 e. The zero-order valence-electron chi connectivity index (χ0n) is 12.8. The predicted molar refractivity (Wildman–Crippen MR) is 81.5 cm³/mol. The molecule has 0 radical (unpaired) electrons. The van der Waals surface area contributed by atoms with E-state index in [4.69, 9.17) is 5.11 Å². The first kappa shape index (κ1) is 18.8. The number of nitrogens with one attached hydrogen (secondary N) is 1. The second-order valence-corrected chi connectivity index (χ2v) is 6.64. The van der Waals surface area contributed by atoms with Crippen LogP contribution in [-0.2, 0) is 19.6 Å². The van der Waals surface area contributed by atoms with Crippen molar-refractivity contribution in [2.24, 2.45) is 0 Å². The fourth-order valence-electron chi connectivity index (χ4n) is 1.73. The molecule has 0 heterocycles. The van der Waals surface area contributed by atoms with Gasteiger partial charge in [0.05, 0.1) is 4.90 Å². The summed E-state index contributed by atoms with van der Waals surface area (Å²) in [6, 6.07) is 5.42. The molecule has 23 heavy (non-hydrogen) atoms. The van der Waals surface area contributed by atoms with Crippen LogP contribution in [0.2, 0.25) is 0 Å². The lowest BCUT2D eigenvalue weighted by molar-refractivity contribution is -0.143. The molecule has 1 rings (SSSR count). The summed E-state index contributed by atoms with van der Waals surface area (Å²) >= 11 is 0. The quantitative estimate of drug-likeness (QED) is 0.646. The zero-order chi connectivity index (χ0) is 17.6. The van der Waals surface area contributed by atoms with Gasteiger partial charge in [0.1, 0.15) is 6.54 Å². The lowest BCUT2D eigenvalue weighted by Gasteiger charge is -2.14. The number of Topliss-reactive ketones (excluding diaryl/α,β-unsaturated/α-hetero) is 1. The van der Waals surface area contributed by atoms with Crippen molar-refractivity contribution in [3.8, 4) is 0 Å². The third-order valence-corrected chi connectivity index (χ3v) is 4.48. The number of benzene rings is 1. The monoisotopic (exact) mass is 342 g/mol. The molecule has 1 aromatic carbocycles. The van der Waals surface area contributed by atoms with Crippen LogP contribution in [0.15, 0.2) is 29.2 Å². The molecular formula is C14H18N2O6S. The summed E-state index contributed by atoms with van der Waals surface area (Å²) in [4.78, 5) is 34.2. The fraction of sp³-hybridized carbons (Fsp3) is 0.357. The van der Waals surface area contributed by atoms with E-state index in [9.17, 15) is 22.8 Å². The maximum absolute atomic E-state index is 12.0. The Hall–Kier alpha value is -2.26. The van der Waals surface area contributed by atoms with Gasteiger partial charge in [-0.1, -0.05) is 12.1 Å². The second-order valence-electron chi connectivity index (χ2n) is 4.87. The van der Waals surface area contributed by atoms with Crippen molar-refractivity contribution in [1.82, 2.24) is 9.62 Å². The average Bonchev–Trinajstić information content (AvgIpc) is 2.46. The molecule has 2 N–H and O–H groups in total. The highest BCUT2D eigenvalue weighted by Crippen LogP contribution is 2.11. The van der Waals surface area contributed by atoms with Gasteiger partial charge in [0.15, 0.2) is 5.78 Å². The van der Waals surface area contributed by atoms with E-state index < -0.39 is 28.4 Å². The van der Waals surface area contributed by atoms with Crippen molar-refractivity contribution in [1.29, 1.82) is 0 Å². The molecule has 9 heteroatoms. The number of carbonyl (C=O) groups is 3. The number of carbonyl (C=O) groups excluding carboxylic acids is 2. The van der Waals surface area contributed by atoms with Crippen LogP contribution in [0, 0.1) is 0 Å². The largest absolute Gasteiger partial charge is 0.480 e. The van der Waals surface area contributed by atoms with Gasteiger partial charge in [-0.25, -0.2) is 13.1 Å². The minimum absolute atomic E-state index is 0.0196. The van der Waals surface area contributed by atoms with Crippen LogP contribution < -0.4 is 4.72 Å². The highest BCUT2D eigenvalue weighted by molar-refractivity contribution is 7.89. The highest BCUT2D eigenvalue weighted by Gasteiger charge is 2.16. The molecule has 0 aromatic heterocycles. The summed E-state index contributed by atoms with van der Waals surface area (Å²) in [5, 5.41) is 8.57. The number of aliphatic carboxylic acids is 1. The number of likely N-dealkylation sites (N-methyl/N-ethyl adjacent to an activating group) is 1. The highest BCUT2D eigenvalue weighted by atomic mass is 32.2. The van der Waals surface area contributed by atoms with Crippen LogP contribution in [0.3, 0.4) is 0 Å². The van der Waals surface area contributed by atoms with Crippen LogP contribution in [0.4, 0.5) is 0 Å². The number of amides is 1. The van der Waals surface area contributed by atoms with Crippen molar-refractivity contribution in [2.45, 2.75) is 18.2 Å². The molecule has 0 aliphatic carbocycles. The van der Waals surface area contributed by atoms with Gasteiger partial charge in [0.2, 0.25) is 15.9 Å². The third kappa shape index (κ3) is 5.80. The summed E-state index contributed by atoms with van der Waals surface area (Å²) in [5.74, 6) is -1.80. The molecule has 0 atom stereocenters. The molecule has 0 saturated carbocycles. The van der Waals surface area contributed by atoms with Crippen molar-refractivity contribution in [3.05, 3.63) is 29.8 Å². The SMILES string of the molecule is CC(=O)c1ccc(S(=O)(=O)NCCC(=O)N(C)CC(=O)O)cc1. The molecule has 0 unspecified atom stereocenters. The van der Waals surface area contributed by atoms with Crippen LogP contribution in [-0.4, -0.2) is 56.2 Å². The molecule has 0 spiro atoms. The van der Waals surface area contributed by atoms with Crippen molar-refractivity contribution in [3.63, 3.8) is 0 Å². The number of carboxylic acid groups (broad SMARTS) is 1. The maximum atomic E-state index is 12.0. The van der Waals surface area contributed by atoms with Crippen LogP contribution in [0.1, 0.15) is 23.7 Å². The molecule has 0 aliphatic rings. The Morgan fingerprint density at radius 1 is 1.17 bits per heavy atom. The maximum Gasteiger partial charge on any atom is 0.323 e. The van der Waals surface area contributed by atoms with Gasteiger partial charge in [-0.3, -0.25) is 14.4 Å². The molecule has 0 fully saturated rings. The van der Waals surface area contributed by atoms with E-state index in [-0.39, 0.29) is 23.6 Å². The predicted octanol–water partition coefficient (Wildman–Crippen LogP) is 0.101. The van der Waals surface area contributed by atoms with Gasteiger partial charge in [-0.15, -0.1) is 0 Å². The van der Waals surface area contributed by atoms with Gasteiger partial charge >= 0.3 is 5.97 Å². The molecule has 1 amide bonds. The Kier molecular flexibility index (Phi) is 6.40. The lowest BCUT2D eigenvalue weighted by atomic mass is 10.2. The molecule has 126 valence electrons. The third-order valence-electron chi connectivity index (χ3n) is 3.00. The Bertz CT molecular complexity index is 696. The van der Waals surface area contributed by atoms with E-state index >= 15 is 0 Å². The first-order valence-corrected chi connectivity index (χ1v) is 8.18. The number of ketones is 1. The van der Waals surface area contributed by atoms with Crippen LogP contribution in [0.25, 0.3) is 0 Å². The minimum atomic E-state index is -3.80. The first-order chi connectivity index (χ1) is 10.6. The number of rotatable bonds is 8. The van der Waals surface area contributed by atoms with E-state index in [0.717, 1.165) is 4.90 Å². The number of hydrogen-bond acceptors (Lipinski definition) is 5. The number of nitrogens with zero attached hydrogens (tertiary/aromatic N) is 1. The van der Waals surface area contributed by atoms with E-state index in [1.165, 1.54) is 38.2 Å². The summed E-state index contributed by atoms with van der Waals surface area (Å²) in [6.45, 7) is 0.776. The Labute approximate surface area is 134 Å². The summed E-state index contributed by atoms with van der Waals surface area (Å²) in [7, 11) is -2.47. The number of hydrogen-bond donors (Lipinski definition) is 2. The molecule has 1 aromatic rings. The topological polar surface area (TPSA) is 121 Å². The fourth-order valence-corrected chi connectivity index (χ4v) is 2.76. The summed E-state index contributed by atoms with van der Waals surface area (Å²) < 4.78 is 26.3. The van der Waals surface area contributed by atoms with E-state index in [1.54, 1.807) is 0 Å². The van der Waals surface area contributed by atoms with Gasteiger partial charge in [-0.2, -0.15) is 0 Å². The van der Waals surface area contributed by atoms with E-state index in [2.05, 4.69) is 4.72 Å². The van der Waals surface area contributed by atoms with Gasteiger partial charge in [0, 0.05) is 25.6 Å². The zero-order valence-corrected chi connectivity index (χ0v) is 13.6. The number of carboxylic acids is 1. The normalized spacial score (nSPS) is 11.0. The van der Waals surface area contributed by atoms with Gasteiger partial charge in [0.25, 0.3) is 0 Å². The molecule has 0 aliphatic heterocycles. The first-order valence-electron chi connectivity index (χ1n) is 6.70. The second kappa shape index (κ2) is 7.84. The lowest BCUT2D eigenvalue weighted by Crippen LogP contribution is -2.35. The molecule has 8 nitrogen and oxygen atoms in total. The Morgan fingerprint density at radius 3 is 2.22 bits per heavy atom. The Balaban J connectivity index is 2.60. The standard InChI is InChI=1S/C14H18N2O6S/c1-10(17)11-3-5-12(6-4-11)23(21,22)15-8-7-13(18)16(2)9-14(19)20/h3-6,15H,7-9H2,1-2H3,(H,19,20). The van der Waals surface area contributed by atoms with E-state index in [1.807, 2.05) is 0 Å². The van der Waals surface area contributed by atoms with Crippen molar-refractivity contribution >= 4 is 27.7 Å². The van der Waals surface area contributed by atoms with Gasteiger partial charge < -0.3 is 10.0 Å². The average molecular weight is 342 g/mol. The van der Waals surface area contributed by atoms with Crippen molar-refractivity contribution < 1.29 is 27.9 Å². The molecule has 0 bridgehead atoms. The van der Waals surface area contributed by atoms with Gasteiger partial charge in [-0.05, 0) is 19.1 Å². The number of sulfonamides is 1. The summed E-state index contributed by atoms with van der Waals surface area (Å²) in [6.07, 6.45) is -0.158. The Morgan fingerprint density at radius 2 is 1.74 bits per heavy atom. The van der Waals surface area contributed by atoms with Crippen LogP contribution >= 0.6 is 0 Å². The molecular weight excluding hydrogens is 324 g/mol. The summed E-state index contributed by atoms with van der Waals surface area (Å²) in [5.41, 5.74) is 0.398.